The van der Waals surface area contributed by atoms with E-state index in [2.05, 4.69) is 5.32 Å². The van der Waals surface area contributed by atoms with Gasteiger partial charge in [0.15, 0.2) is 0 Å². The number of carbonyl (C=O) groups is 2. The Morgan fingerprint density at radius 2 is 1.94 bits per heavy atom. The first kappa shape index (κ1) is 14.0. The molecule has 98 valence electrons. The van der Waals surface area contributed by atoms with Crippen LogP contribution in [-0.2, 0) is 9.59 Å². The van der Waals surface area contributed by atoms with Crippen LogP contribution < -0.4 is 11.1 Å². The fourth-order valence-corrected chi connectivity index (χ4v) is 2.06. The van der Waals surface area contributed by atoms with E-state index in [0.717, 1.165) is 25.9 Å². The summed E-state index contributed by atoms with van der Waals surface area (Å²) in [5.74, 6) is -0.120. The van der Waals surface area contributed by atoms with Gasteiger partial charge in [0.1, 0.15) is 0 Å². The monoisotopic (exact) mass is 241 g/mol. The third-order valence-electron chi connectivity index (χ3n) is 3.09. The number of amides is 2. The van der Waals surface area contributed by atoms with Crippen molar-refractivity contribution >= 4 is 11.8 Å². The van der Waals surface area contributed by atoms with Gasteiger partial charge in [-0.25, -0.2) is 0 Å². The SMILES string of the molecule is CC(NCCCC(N)=O)C(=O)N1CCCCC1. The molecule has 1 heterocycles. The molecule has 0 aromatic heterocycles. The Morgan fingerprint density at radius 1 is 1.29 bits per heavy atom. The van der Waals surface area contributed by atoms with Gasteiger partial charge in [-0.1, -0.05) is 0 Å². The highest BCUT2D eigenvalue weighted by Gasteiger charge is 2.21. The highest BCUT2D eigenvalue weighted by molar-refractivity contribution is 5.81. The van der Waals surface area contributed by atoms with Gasteiger partial charge >= 0.3 is 0 Å². The van der Waals surface area contributed by atoms with Crippen LogP contribution in [0, 0.1) is 0 Å². The third-order valence-corrected chi connectivity index (χ3v) is 3.09. The van der Waals surface area contributed by atoms with Gasteiger partial charge in [-0.3, -0.25) is 9.59 Å². The normalized spacial score (nSPS) is 17.8. The number of piperidine rings is 1. The maximum Gasteiger partial charge on any atom is 0.239 e. The van der Waals surface area contributed by atoms with E-state index < -0.39 is 0 Å². The van der Waals surface area contributed by atoms with Crippen LogP contribution >= 0.6 is 0 Å². The number of rotatable bonds is 6. The molecule has 2 amide bonds. The summed E-state index contributed by atoms with van der Waals surface area (Å²) in [6.45, 7) is 4.29. The minimum Gasteiger partial charge on any atom is -0.370 e. The lowest BCUT2D eigenvalue weighted by Gasteiger charge is -2.29. The minimum atomic E-state index is -0.290. The molecule has 0 bridgehead atoms. The molecule has 1 rings (SSSR count). The van der Waals surface area contributed by atoms with Gasteiger partial charge in [0.05, 0.1) is 6.04 Å². The predicted octanol–water partition coefficient (Wildman–Crippen LogP) is 0.243. The summed E-state index contributed by atoms with van der Waals surface area (Å²) in [6.07, 6.45) is 4.51. The Kier molecular flexibility index (Phi) is 5.97. The molecule has 1 saturated heterocycles. The van der Waals surface area contributed by atoms with Crippen molar-refractivity contribution < 1.29 is 9.59 Å². The van der Waals surface area contributed by atoms with E-state index in [1.807, 2.05) is 11.8 Å². The second-order valence-corrected chi connectivity index (χ2v) is 4.63. The molecule has 1 aliphatic rings. The van der Waals surface area contributed by atoms with Gasteiger partial charge in [-0.15, -0.1) is 0 Å². The van der Waals surface area contributed by atoms with Crippen molar-refractivity contribution in [3.8, 4) is 0 Å². The summed E-state index contributed by atoms with van der Waals surface area (Å²) < 4.78 is 0. The Balaban J connectivity index is 2.19. The number of nitrogens with two attached hydrogens (primary N) is 1. The Morgan fingerprint density at radius 3 is 2.53 bits per heavy atom. The second-order valence-electron chi connectivity index (χ2n) is 4.63. The molecule has 0 saturated carbocycles. The summed E-state index contributed by atoms with van der Waals surface area (Å²) in [5, 5.41) is 3.14. The number of hydrogen-bond acceptors (Lipinski definition) is 3. The standard InChI is InChI=1S/C12H23N3O2/c1-10(14-7-5-6-11(13)16)12(17)15-8-3-2-4-9-15/h10,14H,2-9H2,1H3,(H2,13,16). The molecule has 1 fully saturated rings. The summed E-state index contributed by atoms with van der Waals surface area (Å²) in [7, 11) is 0. The van der Waals surface area contributed by atoms with E-state index in [1.54, 1.807) is 0 Å². The molecular weight excluding hydrogens is 218 g/mol. The summed E-state index contributed by atoms with van der Waals surface area (Å²) in [6, 6.07) is -0.166. The Hall–Kier alpha value is -1.10. The molecule has 3 N–H and O–H groups in total. The smallest absolute Gasteiger partial charge is 0.239 e. The number of likely N-dealkylation sites (tertiary alicyclic amines) is 1. The molecule has 5 nitrogen and oxygen atoms in total. The first-order chi connectivity index (χ1) is 8.11. The van der Waals surface area contributed by atoms with Crippen molar-refractivity contribution in [3.05, 3.63) is 0 Å². The Labute approximate surface area is 103 Å². The van der Waals surface area contributed by atoms with E-state index in [-0.39, 0.29) is 17.9 Å². The molecular formula is C12H23N3O2. The van der Waals surface area contributed by atoms with Crippen molar-refractivity contribution in [1.82, 2.24) is 10.2 Å². The number of nitrogens with one attached hydrogen (secondary N) is 1. The molecule has 1 aliphatic heterocycles. The molecule has 0 spiro atoms. The molecule has 1 unspecified atom stereocenters. The molecule has 5 heteroatoms. The van der Waals surface area contributed by atoms with Crippen molar-refractivity contribution in [2.24, 2.45) is 5.73 Å². The fraction of sp³-hybridized carbons (Fsp3) is 0.833. The maximum absolute atomic E-state index is 12.0. The zero-order valence-corrected chi connectivity index (χ0v) is 10.6. The van der Waals surface area contributed by atoms with Crippen LogP contribution in [0.25, 0.3) is 0 Å². The fourth-order valence-electron chi connectivity index (χ4n) is 2.06. The zero-order chi connectivity index (χ0) is 12.7. The summed E-state index contributed by atoms with van der Waals surface area (Å²) >= 11 is 0. The van der Waals surface area contributed by atoms with Gasteiger partial charge in [-0.2, -0.15) is 0 Å². The number of hydrogen-bond donors (Lipinski definition) is 2. The van der Waals surface area contributed by atoms with E-state index in [9.17, 15) is 9.59 Å². The highest BCUT2D eigenvalue weighted by atomic mass is 16.2. The lowest BCUT2D eigenvalue weighted by molar-refractivity contribution is -0.133. The molecule has 1 atom stereocenters. The highest BCUT2D eigenvalue weighted by Crippen LogP contribution is 2.09. The first-order valence-electron chi connectivity index (χ1n) is 6.41. The Bertz CT molecular complexity index is 262. The van der Waals surface area contributed by atoms with Gasteiger partial charge in [0.25, 0.3) is 0 Å². The van der Waals surface area contributed by atoms with Crippen LogP contribution in [0.5, 0.6) is 0 Å². The van der Waals surface area contributed by atoms with Gasteiger partial charge in [-0.05, 0) is 39.2 Å². The molecule has 0 aromatic carbocycles. The number of nitrogens with zero attached hydrogens (tertiary/aromatic N) is 1. The van der Waals surface area contributed by atoms with Crippen LogP contribution in [0.2, 0.25) is 0 Å². The van der Waals surface area contributed by atoms with Crippen LogP contribution in [0.1, 0.15) is 39.0 Å². The molecule has 0 radical (unpaired) electrons. The van der Waals surface area contributed by atoms with E-state index >= 15 is 0 Å². The third kappa shape index (κ3) is 5.17. The quantitative estimate of drug-likeness (QED) is 0.654. The zero-order valence-electron chi connectivity index (χ0n) is 10.6. The average Bonchev–Trinajstić information content (AvgIpc) is 2.34. The topological polar surface area (TPSA) is 75.4 Å². The van der Waals surface area contributed by atoms with E-state index in [0.29, 0.717) is 19.4 Å². The molecule has 0 aromatic rings. The van der Waals surface area contributed by atoms with Crippen LogP contribution in [-0.4, -0.2) is 42.4 Å². The molecule has 17 heavy (non-hydrogen) atoms. The summed E-state index contributed by atoms with van der Waals surface area (Å²) in [4.78, 5) is 24.5. The second kappa shape index (κ2) is 7.27. The molecule has 0 aliphatic carbocycles. The van der Waals surface area contributed by atoms with Crippen molar-refractivity contribution in [2.45, 2.75) is 45.1 Å². The van der Waals surface area contributed by atoms with Crippen molar-refractivity contribution in [3.63, 3.8) is 0 Å². The van der Waals surface area contributed by atoms with E-state index in [4.69, 9.17) is 5.73 Å². The van der Waals surface area contributed by atoms with Crippen molar-refractivity contribution in [2.75, 3.05) is 19.6 Å². The first-order valence-corrected chi connectivity index (χ1v) is 6.41. The van der Waals surface area contributed by atoms with Crippen LogP contribution in [0.3, 0.4) is 0 Å². The van der Waals surface area contributed by atoms with Crippen LogP contribution in [0.4, 0.5) is 0 Å². The van der Waals surface area contributed by atoms with E-state index in [1.165, 1.54) is 6.42 Å². The predicted molar refractivity (Wildman–Crippen MR) is 66.3 cm³/mol. The number of primary amides is 1. The average molecular weight is 241 g/mol. The largest absolute Gasteiger partial charge is 0.370 e. The lowest BCUT2D eigenvalue weighted by Crippen LogP contribution is -2.47. The van der Waals surface area contributed by atoms with Gasteiger partial charge in [0.2, 0.25) is 11.8 Å². The van der Waals surface area contributed by atoms with Crippen LogP contribution in [0.15, 0.2) is 0 Å². The van der Waals surface area contributed by atoms with Gasteiger partial charge < -0.3 is 16.0 Å². The summed E-state index contributed by atoms with van der Waals surface area (Å²) in [5.41, 5.74) is 5.04. The maximum atomic E-state index is 12.0. The lowest BCUT2D eigenvalue weighted by atomic mass is 10.1. The number of carbonyl (C=O) groups excluding carboxylic acids is 2. The minimum absolute atomic E-state index is 0.166. The van der Waals surface area contributed by atoms with Crippen molar-refractivity contribution in [1.29, 1.82) is 0 Å². The van der Waals surface area contributed by atoms with Gasteiger partial charge in [0, 0.05) is 19.5 Å².